The van der Waals surface area contributed by atoms with Crippen molar-refractivity contribution in [1.29, 1.82) is 0 Å². The zero-order chi connectivity index (χ0) is 21.1. The molecule has 10 heteroatoms. The lowest BCUT2D eigenvalue weighted by atomic mass is 10.1. The van der Waals surface area contributed by atoms with E-state index in [1.807, 2.05) is 13.8 Å². The van der Waals surface area contributed by atoms with Crippen LogP contribution in [0.4, 0.5) is 0 Å². The summed E-state index contributed by atoms with van der Waals surface area (Å²) >= 11 is 0. The second-order valence-electron chi connectivity index (χ2n) is 6.72. The van der Waals surface area contributed by atoms with Gasteiger partial charge in [0.1, 0.15) is 12.1 Å². The Balaban J connectivity index is 4.92. The van der Waals surface area contributed by atoms with Crippen LogP contribution in [0.1, 0.15) is 46.5 Å². The van der Waals surface area contributed by atoms with Crippen molar-refractivity contribution in [3.8, 4) is 0 Å². The SMILES string of the molecule is CC(C)CCNC(=O)[C@H](CC(=O)O)N(C)C(=O)[C@H](C)NC(=O)CCC(=O)O. The van der Waals surface area contributed by atoms with Gasteiger partial charge in [0.05, 0.1) is 12.8 Å². The maximum Gasteiger partial charge on any atom is 0.305 e. The molecule has 154 valence electrons. The molecule has 0 heterocycles. The number of carbonyl (C=O) groups is 5. The minimum atomic E-state index is -1.24. The molecule has 2 atom stereocenters. The van der Waals surface area contributed by atoms with E-state index in [1.54, 1.807) is 0 Å². The smallest absolute Gasteiger partial charge is 0.305 e. The van der Waals surface area contributed by atoms with E-state index in [1.165, 1.54) is 14.0 Å². The largest absolute Gasteiger partial charge is 0.481 e. The quantitative estimate of drug-likeness (QED) is 0.362. The summed E-state index contributed by atoms with van der Waals surface area (Å²) in [5.74, 6) is -3.88. The Bertz CT molecular complexity index is 563. The highest BCUT2D eigenvalue weighted by molar-refractivity contribution is 5.93. The lowest BCUT2D eigenvalue weighted by molar-refractivity contribution is -0.146. The highest BCUT2D eigenvalue weighted by Crippen LogP contribution is 2.07. The van der Waals surface area contributed by atoms with Crippen LogP contribution in [0.5, 0.6) is 0 Å². The lowest BCUT2D eigenvalue weighted by Crippen LogP contribution is -2.54. The summed E-state index contributed by atoms with van der Waals surface area (Å²) in [7, 11) is 1.29. The number of carboxylic acids is 2. The molecule has 0 fully saturated rings. The fourth-order valence-corrected chi connectivity index (χ4v) is 2.23. The topological polar surface area (TPSA) is 153 Å². The molecule has 0 spiro atoms. The fraction of sp³-hybridized carbons (Fsp3) is 0.706. The molecular formula is C17H29N3O7. The Hall–Kier alpha value is -2.65. The van der Waals surface area contributed by atoms with Gasteiger partial charge in [0, 0.05) is 20.0 Å². The summed E-state index contributed by atoms with van der Waals surface area (Å²) in [5.41, 5.74) is 0. The molecule has 0 unspecified atom stereocenters. The molecule has 0 aliphatic carbocycles. The van der Waals surface area contributed by atoms with Crippen LogP contribution in [0.15, 0.2) is 0 Å². The van der Waals surface area contributed by atoms with Crippen LogP contribution < -0.4 is 10.6 Å². The third-order valence-corrected chi connectivity index (χ3v) is 3.82. The molecule has 0 aromatic heterocycles. The van der Waals surface area contributed by atoms with Crippen molar-refractivity contribution < 1.29 is 34.2 Å². The molecule has 3 amide bonds. The number of carboxylic acid groups (broad SMARTS) is 2. The summed E-state index contributed by atoms with van der Waals surface area (Å²) in [6, 6.07) is -2.25. The van der Waals surface area contributed by atoms with Crippen LogP contribution >= 0.6 is 0 Å². The second kappa shape index (κ2) is 11.9. The Morgan fingerprint density at radius 2 is 1.56 bits per heavy atom. The monoisotopic (exact) mass is 387 g/mol. The second-order valence-corrected chi connectivity index (χ2v) is 6.72. The number of carbonyl (C=O) groups excluding carboxylic acids is 3. The molecule has 27 heavy (non-hydrogen) atoms. The van der Waals surface area contributed by atoms with E-state index in [4.69, 9.17) is 10.2 Å². The molecule has 4 N–H and O–H groups in total. The molecular weight excluding hydrogens is 358 g/mol. The van der Waals surface area contributed by atoms with Crippen LogP contribution in [0.25, 0.3) is 0 Å². The van der Waals surface area contributed by atoms with Crippen LogP contribution in [0.3, 0.4) is 0 Å². The van der Waals surface area contributed by atoms with E-state index in [-0.39, 0.29) is 12.8 Å². The van der Waals surface area contributed by atoms with Crippen molar-refractivity contribution in [2.45, 2.75) is 58.5 Å². The van der Waals surface area contributed by atoms with Gasteiger partial charge in [-0.05, 0) is 19.3 Å². The van der Waals surface area contributed by atoms with E-state index in [0.29, 0.717) is 18.9 Å². The molecule has 0 aliphatic heterocycles. The van der Waals surface area contributed by atoms with Crippen LogP contribution in [0, 0.1) is 5.92 Å². The zero-order valence-electron chi connectivity index (χ0n) is 16.2. The number of amides is 3. The predicted molar refractivity (Wildman–Crippen MR) is 95.8 cm³/mol. The molecule has 0 bridgehead atoms. The number of nitrogens with one attached hydrogen (secondary N) is 2. The molecule has 0 saturated heterocycles. The number of likely N-dealkylation sites (N-methyl/N-ethyl adjacent to an activating group) is 1. The van der Waals surface area contributed by atoms with E-state index in [9.17, 15) is 24.0 Å². The standard InChI is InChI=1S/C17H29N3O7/c1-10(2)7-8-18-16(26)12(9-15(24)25)20(4)17(27)11(3)19-13(21)5-6-14(22)23/h10-12H,5-9H2,1-4H3,(H,18,26)(H,19,21)(H,22,23)(H,24,25)/t11-,12-/m0/s1. The summed E-state index contributed by atoms with van der Waals surface area (Å²) in [4.78, 5) is 58.9. The first kappa shape index (κ1) is 24.4. The number of aliphatic carboxylic acids is 2. The van der Waals surface area contributed by atoms with Gasteiger partial charge in [0.2, 0.25) is 17.7 Å². The summed E-state index contributed by atoms with van der Waals surface area (Å²) in [5, 5.41) is 22.6. The number of hydrogen-bond acceptors (Lipinski definition) is 5. The fourth-order valence-electron chi connectivity index (χ4n) is 2.23. The first-order valence-electron chi connectivity index (χ1n) is 8.73. The first-order chi connectivity index (χ1) is 12.5. The van der Waals surface area contributed by atoms with Crippen molar-refractivity contribution in [2.24, 2.45) is 5.92 Å². The van der Waals surface area contributed by atoms with Gasteiger partial charge in [0.25, 0.3) is 0 Å². The van der Waals surface area contributed by atoms with Crippen molar-refractivity contribution in [1.82, 2.24) is 15.5 Å². The molecule has 0 aliphatic rings. The molecule has 0 rings (SSSR count). The predicted octanol–water partition coefficient (Wildman–Crippen LogP) is -0.180. The zero-order valence-corrected chi connectivity index (χ0v) is 16.2. The van der Waals surface area contributed by atoms with Gasteiger partial charge in [-0.1, -0.05) is 13.8 Å². The molecule has 0 radical (unpaired) electrons. The molecule has 0 saturated carbocycles. The van der Waals surface area contributed by atoms with Crippen molar-refractivity contribution in [3.63, 3.8) is 0 Å². The van der Waals surface area contributed by atoms with Gasteiger partial charge < -0.3 is 25.7 Å². The van der Waals surface area contributed by atoms with E-state index >= 15 is 0 Å². The third kappa shape index (κ3) is 10.2. The van der Waals surface area contributed by atoms with Crippen molar-refractivity contribution >= 4 is 29.7 Å². The normalized spacial score (nSPS) is 12.8. The summed E-state index contributed by atoms with van der Waals surface area (Å²) in [6.07, 6.45) is -0.526. The summed E-state index contributed by atoms with van der Waals surface area (Å²) in [6.45, 7) is 5.69. The van der Waals surface area contributed by atoms with Crippen molar-refractivity contribution in [2.75, 3.05) is 13.6 Å². The number of rotatable bonds is 12. The van der Waals surface area contributed by atoms with Gasteiger partial charge in [-0.3, -0.25) is 24.0 Å². The average Bonchev–Trinajstić information content (AvgIpc) is 2.55. The Kier molecular flexibility index (Phi) is 10.7. The van der Waals surface area contributed by atoms with Gasteiger partial charge in [-0.15, -0.1) is 0 Å². The van der Waals surface area contributed by atoms with E-state index < -0.39 is 48.2 Å². The van der Waals surface area contributed by atoms with Gasteiger partial charge in [-0.25, -0.2) is 0 Å². The van der Waals surface area contributed by atoms with E-state index in [2.05, 4.69) is 10.6 Å². The summed E-state index contributed by atoms with van der Waals surface area (Å²) < 4.78 is 0. The maximum atomic E-state index is 12.4. The average molecular weight is 387 g/mol. The maximum absolute atomic E-state index is 12.4. The Labute approximate surface area is 158 Å². The highest BCUT2D eigenvalue weighted by atomic mass is 16.4. The van der Waals surface area contributed by atoms with Gasteiger partial charge in [0.15, 0.2) is 0 Å². The Morgan fingerprint density at radius 3 is 2.04 bits per heavy atom. The molecule has 0 aromatic rings. The van der Waals surface area contributed by atoms with Crippen molar-refractivity contribution in [3.05, 3.63) is 0 Å². The lowest BCUT2D eigenvalue weighted by Gasteiger charge is -2.29. The highest BCUT2D eigenvalue weighted by Gasteiger charge is 2.31. The van der Waals surface area contributed by atoms with Gasteiger partial charge >= 0.3 is 11.9 Å². The molecule has 0 aromatic carbocycles. The molecule has 10 nitrogen and oxygen atoms in total. The number of nitrogens with zero attached hydrogens (tertiary/aromatic N) is 1. The minimum Gasteiger partial charge on any atom is -0.481 e. The van der Waals surface area contributed by atoms with Crippen LogP contribution in [-0.4, -0.2) is 70.4 Å². The first-order valence-corrected chi connectivity index (χ1v) is 8.73. The van der Waals surface area contributed by atoms with Crippen LogP contribution in [0.2, 0.25) is 0 Å². The minimum absolute atomic E-state index is 0.287. The Morgan fingerprint density at radius 1 is 0.963 bits per heavy atom. The van der Waals surface area contributed by atoms with E-state index in [0.717, 1.165) is 4.90 Å². The van der Waals surface area contributed by atoms with Gasteiger partial charge in [-0.2, -0.15) is 0 Å². The number of hydrogen-bond donors (Lipinski definition) is 4. The third-order valence-electron chi connectivity index (χ3n) is 3.82. The van der Waals surface area contributed by atoms with Crippen LogP contribution in [-0.2, 0) is 24.0 Å².